The summed E-state index contributed by atoms with van der Waals surface area (Å²) in [6.07, 6.45) is 74.8. The lowest BCUT2D eigenvalue weighted by atomic mass is 10.0. The first-order chi connectivity index (χ1) is 33.0. The van der Waals surface area contributed by atoms with E-state index in [1.54, 1.807) is 0 Å². The maximum Gasteiger partial charge on any atom is 0.306 e. The standard InChI is InChI=1S/C61H98O6/c1-4-7-10-13-16-19-22-25-26-27-28-29-30-31-32-33-34-37-39-42-45-48-51-54-60(63)66-57-58(67-61(64)55-52-49-46-43-40-36-24-21-18-15-12-9-6-3)56-65-59(62)53-50-47-44-41-38-35-23-20-17-14-11-8-5-2/h7,9-10,12,16,18-19,21,25-26,28-29,31-32,34,36-37,40,42,45,58H,4-6,8,11,13-15,17,20,22-24,27,30,33,35,38-39,41,43-44,46-57H2,1-3H3/b10-7-,12-9-,19-16-,21-18-,26-25-,29-28-,32-31-,37-34-,40-36-,45-42-. The van der Waals surface area contributed by atoms with E-state index >= 15 is 0 Å². The van der Waals surface area contributed by atoms with Gasteiger partial charge < -0.3 is 14.2 Å². The molecule has 0 spiro atoms. The van der Waals surface area contributed by atoms with Crippen molar-refractivity contribution in [3.8, 4) is 0 Å². The summed E-state index contributed by atoms with van der Waals surface area (Å²) >= 11 is 0. The summed E-state index contributed by atoms with van der Waals surface area (Å²) in [6.45, 7) is 6.32. The molecule has 0 aromatic rings. The number of carbonyl (C=O) groups is 3. The van der Waals surface area contributed by atoms with Gasteiger partial charge in [-0.2, -0.15) is 0 Å². The Morgan fingerprint density at radius 1 is 0.313 bits per heavy atom. The highest BCUT2D eigenvalue weighted by Crippen LogP contribution is 2.14. The van der Waals surface area contributed by atoms with Crippen molar-refractivity contribution in [3.05, 3.63) is 122 Å². The molecule has 0 N–H and O–H groups in total. The van der Waals surface area contributed by atoms with Crippen LogP contribution in [0, 0.1) is 0 Å². The third kappa shape index (κ3) is 52.6. The van der Waals surface area contributed by atoms with Gasteiger partial charge in [0.1, 0.15) is 13.2 Å². The fourth-order valence-corrected chi connectivity index (χ4v) is 6.97. The largest absolute Gasteiger partial charge is 0.462 e. The normalized spacial score (nSPS) is 13.1. The van der Waals surface area contributed by atoms with E-state index in [1.165, 1.54) is 64.2 Å². The molecule has 6 nitrogen and oxygen atoms in total. The van der Waals surface area contributed by atoms with Crippen molar-refractivity contribution in [3.63, 3.8) is 0 Å². The van der Waals surface area contributed by atoms with Crippen LogP contribution >= 0.6 is 0 Å². The van der Waals surface area contributed by atoms with E-state index in [2.05, 4.69) is 142 Å². The third-order valence-corrected chi connectivity index (χ3v) is 11.0. The lowest BCUT2D eigenvalue weighted by Crippen LogP contribution is -2.30. The molecule has 1 atom stereocenters. The Morgan fingerprint density at radius 3 is 0.970 bits per heavy atom. The number of hydrogen-bond acceptors (Lipinski definition) is 6. The Hall–Kier alpha value is -4.19. The maximum atomic E-state index is 12.8. The summed E-state index contributed by atoms with van der Waals surface area (Å²) in [5.41, 5.74) is 0. The van der Waals surface area contributed by atoms with E-state index in [4.69, 9.17) is 14.2 Å². The molecular weight excluding hydrogens is 829 g/mol. The van der Waals surface area contributed by atoms with Gasteiger partial charge in [-0.3, -0.25) is 14.4 Å². The van der Waals surface area contributed by atoms with E-state index in [1.807, 2.05) is 0 Å². The Labute approximate surface area is 412 Å². The van der Waals surface area contributed by atoms with Crippen molar-refractivity contribution in [2.45, 2.75) is 232 Å². The molecule has 0 amide bonds. The van der Waals surface area contributed by atoms with Gasteiger partial charge >= 0.3 is 17.9 Å². The van der Waals surface area contributed by atoms with Crippen molar-refractivity contribution >= 4 is 17.9 Å². The summed E-state index contributed by atoms with van der Waals surface area (Å²) in [4.78, 5) is 38.0. The van der Waals surface area contributed by atoms with E-state index in [0.29, 0.717) is 12.8 Å². The zero-order chi connectivity index (χ0) is 48.6. The van der Waals surface area contributed by atoms with Crippen LogP contribution in [0.3, 0.4) is 0 Å². The van der Waals surface area contributed by atoms with Crippen LogP contribution in [0.4, 0.5) is 0 Å². The van der Waals surface area contributed by atoms with Gasteiger partial charge in [0.15, 0.2) is 6.10 Å². The summed E-state index contributed by atoms with van der Waals surface area (Å²) in [6, 6.07) is 0. The molecule has 6 heteroatoms. The quantitative estimate of drug-likeness (QED) is 0.0262. The Morgan fingerprint density at radius 2 is 0.597 bits per heavy atom. The highest BCUT2D eigenvalue weighted by Gasteiger charge is 2.19. The fraction of sp³-hybridized carbons (Fsp3) is 0.623. The molecular formula is C61H98O6. The topological polar surface area (TPSA) is 78.9 Å². The Kier molecular flexibility index (Phi) is 51.0. The molecule has 0 heterocycles. The predicted molar refractivity (Wildman–Crippen MR) is 288 cm³/mol. The second-order valence-electron chi connectivity index (χ2n) is 17.4. The highest BCUT2D eigenvalue weighted by atomic mass is 16.6. The number of allylic oxidation sites excluding steroid dienone is 20. The summed E-state index contributed by atoms with van der Waals surface area (Å²) in [7, 11) is 0. The molecule has 0 radical (unpaired) electrons. The number of hydrogen-bond donors (Lipinski definition) is 0. The van der Waals surface area contributed by atoms with Gasteiger partial charge in [-0.1, -0.05) is 226 Å². The van der Waals surface area contributed by atoms with Crippen LogP contribution in [0.25, 0.3) is 0 Å². The van der Waals surface area contributed by atoms with Crippen molar-refractivity contribution in [1.82, 2.24) is 0 Å². The van der Waals surface area contributed by atoms with Gasteiger partial charge in [0, 0.05) is 19.3 Å². The van der Waals surface area contributed by atoms with Gasteiger partial charge in [0.05, 0.1) is 0 Å². The molecule has 0 aromatic heterocycles. The smallest absolute Gasteiger partial charge is 0.306 e. The zero-order valence-electron chi connectivity index (χ0n) is 43.1. The number of unbranched alkanes of at least 4 members (excludes halogenated alkanes) is 16. The van der Waals surface area contributed by atoms with Gasteiger partial charge in [-0.15, -0.1) is 0 Å². The van der Waals surface area contributed by atoms with Gasteiger partial charge in [0.25, 0.3) is 0 Å². The van der Waals surface area contributed by atoms with Crippen molar-refractivity contribution in [1.29, 1.82) is 0 Å². The molecule has 0 fully saturated rings. The van der Waals surface area contributed by atoms with Crippen molar-refractivity contribution in [2.24, 2.45) is 0 Å². The molecule has 67 heavy (non-hydrogen) atoms. The molecule has 0 aromatic carbocycles. The third-order valence-electron chi connectivity index (χ3n) is 11.0. The number of esters is 3. The second-order valence-corrected chi connectivity index (χ2v) is 17.4. The molecule has 0 aliphatic carbocycles. The van der Waals surface area contributed by atoms with E-state index < -0.39 is 6.10 Å². The van der Waals surface area contributed by atoms with E-state index in [-0.39, 0.29) is 44.0 Å². The van der Waals surface area contributed by atoms with Crippen LogP contribution in [0.2, 0.25) is 0 Å². The molecule has 0 bridgehead atoms. The average Bonchev–Trinajstić information content (AvgIpc) is 3.33. The first-order valence-corrected chi connectivity index (χ1v) is 27.0. The summed E-state index contributed by atoms with van der Waals surface area (Å²) in [5, 5.41) is 0. The first-order valence-electron chi connectivity index (χ1n) is 27.0. The molecule has 1 unspecified atom stereocenters. The molecule has 0 aliphatic heterocycles. The van der Waals surface area contributed by atoms with Gasteiger partial charge in [-0.25, -0.2) is 0 Å². The van der Waals surface area contributed by atoms with Crippen molar-refractivity contribution in [2.75, 3.05) is 13.2 Å². The number of ether oxygens (including phenoxy) is 3. The predicted octanol–water partition coefficient (Wildman–Crippen LogP) is 18.1. The zero-order valence-corrected chi connectivity index (χ0v) is 43.1. The molecule has 378 valence electrons. The van der Waals surface area contributed by atoms with Gasteiger partial charge in [0.2, 0.25) is 0 Å². The lowest BCUT2D eigenvalue weighted by Gasteiger charge is -2.18. The van der Waals surface area contributed by atoms with Crippen LogP contribution in [0.15, 0.2) is 122 Å². The maximum absolute atomic E-state index is 12.8. The highest BCUT2D eigenvalue weighted by molar-refractivity contribution is 5.71. The van der Waals surface area contributed by atoms with Crippen LogP contribution in [0.1, 0.15) is 226 Å². The monoisotopic (exact) mass is 927 g/mol. The summed E-state index contributed by atoms with van der Waals surface area (Å²) < 4.78 is 16.7. The van der Waals surface area contributed by atoms with Gasteiger partial charge in [-0.05, 0) is 103 Å². The SMILES string of the molecule is CC/C=C\C/C=C\C/C=C\C/C=C\C/C=C\C/C=C\C/C=C\CCCC(=O)OCC(COC(=O)CCCCCCCCCCCCCCC)OC(=O)CCCCC/C=C\C/C=C\C/C=C\CC. The fourth-order valence-electron chi connectivity index (χ4n) is 6.97. The Balaban J connectivity index is 4.49. The first kappa shape index (κ1) is 62.8. The number of carbonyl (C=O) groups excluding carboxylic acids is 3. The van der Waals surface area contributed by atoms with Crippen LogP contribution < -0.4 is 0 Å². The number of rotatable bonds is 47. The van der Waals surface area contributed by atoms with Crippen LogP contribution in [-0.4, -0.2) is 37.2 Å². The molecule has 0 rings (SSSR count). The molecule has 0 saturated heterocycles. The van der Waals surface area contributed by atoms with E-state index in [0.717, 1.165) is 116 Å². The molecule has 0 aliphatic rings. The van der Waals surface area contributed by atoms with Crippen molar-refractivity contribution < 1.29 is 28.6 Å². The minimum atomic E-state index is -0.818. The van der Waals surface area contributed by atoms with Crippen LogP contribution in [-0.2, 0) is 28.6 Å². The summed E-state index contributed by atoms with van der Waals surface area (Å²) in [5.74, 6) is -1.01. The minimum Gasteiger partial charge on any atom is -0.462 e. The molecule has 0 saturated carbocycles. The van der Waals surface area contributed by atoms with Crippen LogP contribution in [0.5, 0.6) is 0 Å². The minimum absolute atomic E-state index is 0.109. The lowest BCUT2D eigenvalue weighted by molar-refractivity contribution is -0.167. The second kappa shape index (κ2) is 54.4. The van der Waals surface area contributed by atoms with E-state index in [9.17, 15) is 14.4 Å². The Bertz CT molecular complexity index is 1440. The average molecular weight is 927 g/mol.